The van der Waals surface area contributed by atoms with Crippen LogP contribution in [-0.4, -0.2) is 12.0 Å². The lowest BCUT2D eigenvalue weighted by molar-refractivity contribution is 0.302. The van der Waals surface area contributed by atoms with Crippen molar-refractivity contribution in [3.63, 3.8) is 0 Å². The lowest BCUT2D eigenvalue weighted by Gasteiger charge is -2.10. The highest BCUT2D eigenvalue weighted by Gasteiger charge is 2.07. The van der Waals surface area contributed by atoms with Crippen LogP contribution in [0.3, 0.4) is 0 Å². The van der Waals surface area contributed by atoms with Crippen molar-refractivity contribution in [1.29, 1.82) is 0 Å². The third-order valence-corrected chi connectivity index (χ3v) is 3.57. The second kappa shape index (κ2) is 6.46. The molecule has 1 aromatic heterocycles. The van der Waals surface area contributed by atoms with Crippen LogP contribution in [0.25, 0.3) is 0 Å². The van der Waals surface area contributed by atoms with Crippen LogP contribution in [0.15, 0.2) is 34.8 Å². The Labute approximate surface area is 130 Å². The highest BCUT2D eigenvalue weighted by Crippen LogP contribution is 2.29. The number of nitrogens with zero attached hydrogens (tertiary/aromatic N) is 1. The summed E-state index contributed by atoms with van der Waals surface area (Å²) in [6.07, 6.45) is 0. The number of aromatic nitrogens is 1. The molecule has 0 fully saturated rings. The second-order valence-corrected chi connectivity index (χ2v) is 5.47. The molecule has 19 heavy (non-hydrogen) atoms. The summed E-state index contributed by atoms with van der Waals surface area (Å²) in [5.41, 5.74) is 0.660. The molecule has 100 valence electrons. The summed E-state index contributed by atoms with van der Waals surface area (Å²) in [5.74, 6) is 1.34. The largest absolute Gasteiger partial charge is 0.486 e. The first kappa shape index (κ1) is 14.4. The van der Waals surface area contributed by atoms with Gasteiger partial charge < -0.3 is 10.1 Å². The Hall–Kier alpha value is -0.970. The van der Waals surface area contributed by atoms with Crippen molar-refractivity contribution in [2.24, 2.45) is 0 Å². The van der Waals surface area contributed by atoms with Gasteiger partial charge in [-0.05, 0) is 30.3 Å². The maximum atomic E-state index is 6.07. The first-order valence-electron chi connectivity index (χ1n) is 5.51. The van der Waals surface area contributed by atoms with Crippen LogP contribution in [0.1, 0.15) is 5.69 Å². The first-order chi connectivity index (χ1) is 9.10. The van der Waals surface area contributed by atoms with E-state index in [2.05, 4.69) is 26.2 Å². The molecule has 0 amide bonds. The van der Waals surface area contributed by atoms with Gasteiger partial charge in [0.2, 0.25) is 0 Å². The fourth-order valence-electron chi connectivity index (χ4n) is 1.46. The van der Waals surface area contributed by atoms with E-state index in [1.165, 1.54) is 0 Å². The smallest absolute Gasteiger partial charge is 0.138 e. The van der Waals surface area contributed by atoms with E-state index in [0.29, 0.717) is 21.5 Å². The SMILES string of the molecule is CNc1ccc(Cl)c(COc2ccc(Br)cc2Cl)n1. The topological polar surface area (TPSA) is 34.1 Å². The summed E-state index contributed by atoms with van der Waals surface area (Å²) in [6, 6.07) is 9.01. The summed E-state index contributed by atoms with van der Waals surface area (Å²) >= 11 is 15.5. The zero-order valence-corrected chi connectivity index (χ0v) is 13.2. The van der Waals surface area contributed by atoms with E-state index in [-0.39, 0.29) is 6.61 Å². The zero-order valence-electron chi connectivity index (χ0n) is 10.1. The molecule has 2 aromatic rings. The molecule has 0 aliphatic heterocycles. The molecule has 0 bridgehead atoms. The Balaban J connectivity index is 2.14. The monoisotopic (exact) mass is 360 g/mol. The predicted octanol–water partition coefficient (Wildman–Crippen LogP) is 4.77. The molecule has 1 heterocycles. The van der Waals surface area contributed by atoms with Crippen molar-refractivity contribution < 1.29 is 4.74 Å². The Bertz CT molecular complexity index is 593. The molecule has 3 nitrogen and oxygen atoms in total. The Morgan fingerprint density at radius 2 is 2.00 bits per heavy atom. The Morgan fingerprint density at radius 1 is 1.21 bits per heavy atom. The molecule has 6 heteroatoms. The van der Waals surface area contributed by atoms with Crippen molar-refractivity contribution in [3.05, 3.63) is 50.5 Å². The molecular weight excluding hydrogens is 351 g/mol. The van der Waals surface area contributed by atoms with Gasteiger partial charge in [0.05, 0.1) is 15.7 Å². The van der Waals surface area contributed by atoms with Gasteiger partial charge in [0.25, 0.3) is 0 Å². The number of hydrogen-bond acceptors (Lipinski definition) is 3. The van der Waals surface area contributed by atoms with E-state index in [1.54, 1.807) is 31.3 Å². The van der Waals surface area contributed by atoms with Crippen LogP contribution < -0.4 is 10.1 Å². The summed E-state index contributed by atoms with van der Waals surface area (Å²) < 4.78 is 6.53. The van der Waals surface area contributed by atoms with Crippen LogP contribution in [0, 0.1) is 0 Å². The van der Waals surface area contributed by atoms with E-state index in [1.807, 2.05) is 6.07 Å². The number of benzene rings is 1. The molecule has 0 spiro atoms. The lowest BCUT2D eigenvalue weighted by Crippen LogP contribution is -2.02. The minimum Gasteiger partial charge on any atom is -0.486 e. The third-order valence-electron chi connectivity index (χ3n) is 2.43. The van der Waals surface area contributed by atoms with Gasteiger partial charge in [0, 0.05) is 11.5 Å². The average molecular weight is 362 g/mol. The molecule has 2 rings (SSSR count). The minimum atomic E-state index is 0.260. The van der Waals surface area contributed by atoms with Gasteiger partial charge in [0.1, 0.15) is 18.2 Å². The normalized spacial score (nSPS) is 10.3. The second-order valence-electron chi connectivity index (χ2n) is 3.74. The quantitative estimate of drug-likeness (QED) is 0.851. The zero-order chi connectivity index (χ0) is 13.8. The highest BCUT2D eigenvalue weighted by molar-refractivity contribution is 9.10. The summed E-state index contributed by atoms with van der Waals surface area (Å²) in [4.78, 5) is 4.33. The predicted molar refractivity (Wildman–Crippen MR) is 82.3 cm³/mol. The van der Waals surface area contributed by atoms with Crippen LogP contribution in [0.2, 0.25) is 10.0 Å². The van der Waals surface area contributed by atoms with Crippen molar-refractivity contribution >= 4 is 44.9 Å². The van der Waals surface area contributed by atoms with Crippen molar-refractivity contribution in [3.8, 4) is 5.75 Å². The van der Waals surface area contributed by atoms with Gasteiger partial charge in [-0.15, -0.1) is 0 Å². The van der Waals surface area contributed by atoms with E-state index in [4.69, 9.17) is 27.9 Å². The van der Waals surface area contributed by atoms with E-state index in [9.17, 15) is 0 Å². The van der Waals surface area contributed by atoms with Crippen LogP contribution in [0.5, 0.6) is 5.75 Å². The van der Waals surface area contributed by atoms with Gasteiger partial charge in [-0.2, -0.15) is 0 Å². The number of nitrogens with one attached hydrogen (secondary N) is 1. The molecule has 0 aliphatic rings. The van der Waals surface area contributed by atoms with Crippen LogP contribution in [0.4, 0.5) is 5.82 Å². The van der Waals surface area contributed by atoms with Gasteiger partial charge in [-0.25, -0.2) is 4.98 Å². The maximum Gasteiger partial charge on any atom is 0.138 e. The fraction of sp³-hybridized carbons (Fsp3) is 0.154. The molecule has 0 unspecified atom stereocenters. The molecule has 1 N–H and O–H groups in total. The number of pyridine rings is 1. The van der Waals surface area contributed by atoms with Gasteiger partial charge in [0.15, 0.2) is 0 Å². The molecule has 0 aliphatic carbocycles. The minimum absolute atomic E-state index is 0.260. The van der Waals surface area contributed by atoms with E-state index >= 15 is 0 Å². The van der Waals surface area contributed by atoms with Crippen molar-refractivity contribution in [2.45, 2.75) is 6.61 Å². The summed E-state index contributed by atoms with van der Waals surface area (Å²) in [5, 5.41) is 4.05. The summed E-state index contributed by atoms with van der Waals surface area (Å²) in [7, 11) is 1.80. The number of hydrogen-bond donors (Lipinski definition) is 1. The average Bonchev–Trinajstić information content (AvgIpc) is 2.39. The summed E-state index contributed by atoms with van der Waals surface area (Å²) in [6.45, 7) is 0.260. The van der Waals surface area contributed by atoms with Gasteiger partial charge in [-0.1, -0.05) is 39.1 Å². The molecule has 0 atom stereocenters. The third kappa shape index (κ3) is 3.75. The van der Waals surface area contributed by atoms with Crippen LogP contribution in [-0.2, 0) is 6.61 Å². The first-order valence-corrected chi connectivity index (χ1v) is 7.06. The number of rotatable bonds is 4. The molecule has 0 saturated carbocycles. The Morgan fingerprint density at radius 3 is 2.68 bits per heavy atom. The standard InChI is InChI=1S/C13H11BrCl2N2O/c1-17-13-5-3-9(15)11(18-13)7-19-12-4-2-8(14)6-10(12)16/h2-6H,7H2,1H3,(H,17,18). The molecule has 1 aromatic carbocycles. The number of anilines is 1. The van der Waals surface area contributed by atoms with Crippen molar-refractivity contribution in [2.75, 3.05) is 12.4 Å². The maximum absolute atomic E-state index is 6.07. The van der Waals surface area contributed by atoms with Gasteiger partial charge in [-0.3, -0.25) is 0 Å². The molecule has 0 saturated heterocycles. The van der Waals surface area contributed by atoms with Gasteiger partial charge >= 0.3 is 0 Å². The number of halogens is 3. The van der Waals surface area contributed by atoms with Crippen molar-refractivity contribution in [1.82, 2.24) is 4.98 Å². The Kier molecular flexibility index (Phi) is 4.91. The molecular formula is C13H11BrCl2N2O. The van der Waals surface area contributed by atoms with E-state index < -0.39 is 0 Å². The highest BCUT2D eigenvalue weighted by atomic mass is 79.9. The lowest BCUT2D eigenvalue weighted by atomic mass is 10.3. The molecule has 0 radical (unpaired) electrons. The fourth-order valence-corrected chi connectivity index (χ4v) is 2.35. The number of ether oxygens (including phenoxy) is 1. The van der Waals surface area contributed by atoms with Crippen LogP contribution >= 0.6 is 39.1 Å². The van der Waals surface area contributed by atoms with E-state index in [0.717, 1.165) is 10.3 Å².